The lowest BCUT2D eigenvalue weighted by Gasteiger charge is -2.01. The van der Waals surface area contributed by atoms with Gasteiger partial charge in [0.2, 0.25) is 0 Å². The SMILES string of the molecule is CC(C)CSCc1nc(-c2ccccc2)c(CN)s1. The zero-order valence-electron chi connectivity index (χ0n) is 11.4. The van der Waals surface area contributed by atoms with Gasteiger partial charge in [-0.2, -0.15) is 11.8 Å². The van der Waals surface area contributed by atoms with Crippen LogP contribution in [0.4, 0.5) is 0 Å². The van der Waals surface area contributed by atoms with Crippen molar-refractivity contribution in [1.29, 1.82) is 0 Å². The summed E-state index contributed by atoms with van der Waals surface area (Å²) in [5.41, 5.74) is 8.07. The molecule has 0 aliphatic heterocycles. The molecule has 2 nitrogen and oxygen atoms in total. The molecule has 0 radical (unpaired) electrons. The Hall–Kier alpha value is -0.840. The molecule has 2 aromatic rings. The second kappa shape index (κ2) is 7.08. The summed E-state index contributed by atoms with van der Waals surface area (Å²) in [4.78, 5) is 5.95. The lowest BCUT2D eigenvalue weighted by Crippen LogP contribution is -1.95. The fourth-order valence-electron chi connectivity index (χ4n) is 1.80. The molecule has 0 aliphatic carbocycles. The molecule has 0 spiro atoms. The summed E-state index contributed by atoms with van der Waals surface area (Å²) in [6.45, 7) is 5.06. The van der Waals surface area contributed by atoms with Crippen LogP contribution in [0.15, 0.2) is 30.3 Å². The third kappa shape index (κ3) is 4.06. The average Bonchev–Trinajstić information content (AvgIpc) is 2.82. The van der Waals surface area contributed by atoms with Gasteiger partial charge in [-0.3, -0.25) is 0 Å². The van der Waals surface area contributed by atoms with Gasteiger partial charge in [0.25, 0.3) is 0 Å². The van der Waals surface area contributed by atoms with Gasteiger partial charge in [-0.15, -0.1) is 11.3 Å². The van der Waals surface area contributed by atoms with Crippen molar-refractivity contribution in [2.45, 2.75) is 26.1 Å². The standard InChI is InChI=1S/C15H20N2S2/c1-11(2)9-18-10-14-17-15(13(8-16)19-14)12-6-4-3-5-7-12/h3-7,11H,8-10,16H2,1-2H3. The van der Waals surface area contributed by atoms with Crippen LogP contribution in [0.1, 0.15) is 23.7 Å². The highest BCUT2D eigenvalue weighted by molar-refractivity contribution is 7.98. The first-order valence-electron chi connectivity index (χ1n) is 6.52. The Balaban J connectivity index is 2.14. The predicted molar refractivity (Wildman–Crippen MR) is 86.4 cm³/mol. The van der Waals surface area contributed by atoms with Crippen molar-refractivity contribution in [2.24, 2.45) is 11.7 Å². The summed E-state index contributed by atoms with van der Waals surface area (Å²) in [7, 11) is 0. The second-order valence-corrected chi connectivity index (χ2v) is 7.06. The Bertz CT molecular complexity index is 506. The minimum atomic E-state index is 0.566. The van der Waals surface area contributed by atoms with Crippen molar-refractivity contribution in [3.63, 3.8) is 0 Å². The van der Waals surface area contributed by atoms with Gasteiger partial charge in [0.1, 0.15) is 5.01 Å². The molecule has 2 N–H and O–H groups in total. The van der Waals surface area contributed by atoms with Crippen LogP contribution in [0.2, 0.25) is 0 Å². The summed E-state index contributed by atoms with van der Waals surface area (Å²) in [5, 5.41) is 1.19. The number of thiazole rings is 1. The van der Waals surface area contributed by atoms with E-state index in [0.29, 0.717) is 6.54 Å². The Labute approximate surface area is 123 Å². The number of nitrogens with two attached hydrogens (primary N) is 1. The van der Waals surface area contributed by atoms with Crippen LogP contribution in [0.3, 0.4) is 0 Å². The van der Waals surface area contributed by atoms with Gasteiger partial charge in [-0.1, -0.05) is 44.2 Å². The fraction of sp³-hybridized carbons (Fsp3) is 0.400. The van der Waals surface area contributed by atoms with Crippen molar-refractivity contribution in [1.82, 2.24) is 4.98 Å². The number of thioether (sulfide) groups is 1. The Morgan fingerprint density at radius 1 is 1.26 bits per heavy atom. The van der Waals surface area contributed by atoms with E-state index in [4.69, 9.17) is 10.7 Å². The molecule has 19 heavy (non-hydrogen) atoms. The number of rotatable bonds is 6. The fourth-order valence-corrected chi connectivity index (χ4v) is 3.88. The van der Waals surface area contributed by atoms with E-state index in [1.165, 1.54) is 21.2 Å². The lowest BCUT2D eigenvalue weighted by atomic mass is 10.1. The van der Waals surface area contributed by atoms with E-state index in [1.54, 1.807) is 11.3 Å². The minimum Gasteiger partial charge on any atom is -0.326 e. The first-order valence-corrected chi connectivity index (χ1v) is 8.49. The van der Waals surface area contributed by atoms with Crippen molar-refractivity contribution in [2.75, 3.05) is 5.75 Å². The van der Waals surface area contributed by atoms with Crippen molar-refractivity contribution >= 4 is 23.1 Å². The van der Waals surface area contributed by atoms with E-state index in [0.717, 1.165) is 17.4 Å². The number of benzene rings is 1. The van der Waals surface area contributed by atoms with Gasteiger partial charge in [-0.25, -0.2) is 4.98 Å². The van der Waals surface area contributed by atoms with E-state index in [2.05, 4.69) is 26.0 Å². The summed E-state index contributed by atoms with van der Waals surface area (Å²) < 4.78 is 0. The highest BCUT2D eigenvalue weighted by Gasteiger charge is 2.11. The number of hydrogen-bond donors (Lipinski definition) is 1. The average molecular weight is 292 g/mol. The first kappa shape index (κ1) is 14.6. The molecule has 0 saturated carbocycles. The molecule has 102 valence electrons. The molecule has 0 atom stereocenters. The maximum Gasteiger partial charge on any atom is 0.103 e. The summed E-state index contributed by atoms with van der Waals surface area (Å²) in [5.74, 6) is 2.90. The van der Waals surface area contributed by atoms with Gasteiger partial charge >= 0.3 is 0 Å². The molecule has 0 aliphatic rings. The zero-order valence-corrected chi connectivity index (χ0v) is 13.1. The highest BCUT2D eigenvalue weighted by Crippen LogP contribution is 2.30. The van der Waals surface area contributed by atoms with Crippen LogP contribution in [-0.2, 0) is 12.3 Å². The van der Waals surface area contributed by atoms with Crippen molar-refractivity contribution < 1.29 is 0 Å². The Morgan fingerprint density at radius 2 is 2.00 bits per heavy atom. The van der Waals surface area contributed by atoms with Crippen LogP contribution >= 0.6 is 23.1 Å². The monoisotopic (exact) mass is 292 g/mol. The Morgan fingerprint density at radius 3 is 2.63 bits per heavy atom. The molecule has 0 fully saturated rings. The van der Waals surface area contributed by atoms with Gasteiger partial charge in [0.05, 0.1) is 5.69 Å². The van der Waals surface area contributed by atoms with E-state index >= 15 is 0 Å². The first-order chi connectivity index (χ1) is 9.20. The normalized spacial score (nSPS) is 11.2. The maximum atomic E-state index is 5.84. The van der Waals surface area contributed by atoms with Gasteiger partial charge < -0.3 is 5.73 Å². The summed E-state index contributed by atoms with van der Waals surface area (Å²) in [6.07, 6.45) is 0. The molecule has 4 heteroatoms. The van der Waals surface area contributed by atoms with Crippen LogP contribution in [0.25, 0.3) is 11.3 Å². The van der Waals surface area contributed by atoms with Gasteiger partial charge in [0.15, 0.2) is 0 Å². The van der Waals surface area contributed by atoms with Crippen LogP contribution in [-0.4, -0.2) is 10.7 Å². The quantitative estimate of drug-likeness (QED) is 0.869. The van der Waals surface area contributed by atoms with Gasteiger partial charge in [0, 0.05) is 22.7 Å². The molecule has 0 amide bonds. The molecule has 0 unspecified atom stereocenters. The predicted octanol–water partition coefficient (Wildman–Crippen LogP) is 4.16. The maximum absolute atomic E-state index is 5.84. The van der Waals surface area contributed by atoms with E-state index in [1.807, 2.05) is 30.0 Å². The molecule has 1 aromatic heterocycles. The van der Waals surface area contributed by atoms with E-state index in [-0.39, 0.29) is 0 Å². The largest absolute Gasteiger partial charge is 0.326 e. The molecule has 2 rings (SSSR count). The molecular formula is C15H20N2S2. The van der Waals surface area contributed by atoms with E-state index in [9.17, 15) is 0 Å². The summed E-state index contributed by atoms with van der Waals surface area (Å²) in [6, 6.07) is 10.3. The van der Waals surface area contributed by atoms with Crippen LogP contribution < -0.4 is 5.73 Å². The van der Waals surface area contributed by atoms with Crippen molar-refractivity contribution in [3.05, 3.63) is 40.2 Å². The minimum absolute atomic E-state index is 0.566. The topological polar surface area (TPSA) is 38.9 Å². The third-order valence-electron chi connectivity index (χ3n) is 2.65. The van der Waals surface area contributed by atoms with Gasteiger partial charge in [-0.05, 0) is 11.7 Å². The highest BCUT2D eigenvalue weighted by atomic mass is 32.2. The smallest absolute Gasteiger partial charge is 0.103 e. The number of nitrogens with zero attached hydrogens (tertiary/aromatic N) is 1. The molecule has 0 saturated heterocycles. The molecular weight excluding hydrogens is 272 g/mol. The Kier molecular flexibility index (Phi) is 5.43. The zero-order chi connectivity index (χ0) is 13.7. The molecule has 1 heterocycles. The number of hydrogen-bond acceptors (Lipinski definition) is 4. The molecule has 1 aromatic carbocycles. The van der Waals surface area contributed by atoms with Crippen molar-refractivity contribution in [3.8, 4) is 11.3 Å². The lowest BCUT2D eigenvalue weighted by molar-refractivity contribution is 0.750. The summed E-state index contributed by atoms with van der Waals surface area (Å²) >= 11 is 3.70. The van der Waals surface area contributed by atoms with Crippen LogP contribution in [0, 0.1) is 5.92 Å². The van der Waals surface area contributed by atoms with Crippen LogP contribution in [0.5, 0.6) is 0 Å². The number of aromatic nitrogens is 1. The van der Waals surface area contributed by atoms with E-state index < -0.39 is 0 Å². The second-order valence-electron chi connectivity index (χ2n) is 4.86. The third-order valence-corrected chi connectivity index (χ3v) is 5.29. The molecule has 0 bridgehead atoms.